The van der Waals surface area contributed by atoms with Gasteiger partial charge in [-0.25, -0.2) is 4.98 Å². The Hall–Kier alpha value is -3.08. The Kier molecular flexibility index (Phi) is 2.89. The average Bonchev–Trinajstić information content (AvgIpc) is 3.17. The Morgan fingerprint density at radius 3 is 2.68 bits per heavy atom. The quantitative estimate of drug-likeness (QED) is 0.609. The zero-order valence-electron chi connectivity index (χ0n) is 11.9. The minimum absolute atomic E-state index is 0.546. The highest BCUT2D eigenvalue weighted by Crippen LogP contribution is 2.32. The molecular formula is C17H15N5. The van der Waals surface area contributed by atoms with Crippen molar-refractivity contribution in [1.82, 2.24) is 19.7 Å². The predicted molar refractivity (Wildman–Crippen MR) is 87.3 cm³/mol. The molecule has 0 fully saturated rings. The van der Waals surface area contributed by atoms with Crippen molar-refractivity contribution in [2.45, 2.75) is 6.54 Å². The Labute approximate surface area is 127 Å². The number of hydrogen-bond acceptors (Lipinski definition) is 3. The largest absolute Gasteiger partial charge is 0.382 e. The Morgan fingerprint density at radius 1 is 1.05 bits per heavy atom. The first-order valence-electron chi connectivity index (χ1n) is 7.11. The van der Waals surface area contributed by atoms with Gasteiger partial charge in [-0.15, -0.1) is 0 Å². The number of nitrogens with two attached hydrogens (primary N) is 1. The molecule has 108 valence electrons. The topological polar surface area (TPSA) is 72.5 Å². The van der Waals surface area contributed by atoms with E-state index in [1.54, 1.807) is 6.33 Å². The van der Waals surface area contributed by atoms with Crippen molar-refractivity contribution in [3.63, 3.8) is 0 Å². The van der Waals surface area contributed by atoms with Gasteiger partial charge in [0.25, 0.3) is 0 Å². The van der Waals surface area contributed by atoms with Gasteiger partial charge in [-0.3, -0.25) is 4.68 Å². The highest BCUT2D eigenvalue weighted by molar-refractivity contribution is 6.01. The summed E-state index contributed by atoms with van der Waals surface area (Å²) in [7, 11) is 0. The number of anilines is 1. The molecule has 4 rings (SSSR count). The summed E-state index contributed by atoms with van der Waals surface area (Å²) in [5.74, 6) is 0.546. The van der Waals surface area contributed by atoms with E-state index in [1.165, 1.54) is 0 Å². The third-order valence-electron chi connectivity index (χ3n) is 3.76. The van der Waals surface area contributed by atoms with Crippen LogP contribution in [-0.2, 0) is 6.54 Å². The summed E-state index contributed by atoms with van der Waals surface area (Å²) < 4.78 is 1.90. The molecule has 0 unspecified atom stereocenters. The third-order valence-corrected chi connectivity index (χ3v) is 3.76. The lowest BCUT2D eigenvalue weighted by Crippen LogP contribution is -2.02. The number of hydrogen-bond donors (Lipinski definition) is 2. The summed E-state index contributed by atoms with van der Waals surface area (Å²) in [6.07, 6.45) is 3.53. The lowest BCUT2D eigenvalue weighted by atomic mass is 10.0. The molecule has 0 saturated heterocycles. The summed E-state index contributed by atoms with van der Waals surface area (Å²) in [5, 5.41) is 5.48. The number of aromatic amines is 1. The van der Waals surface area contributed by atoms with E-state index in [2.05, 4.69) is 33.3 Å². The van der Waals surface area contributed by atoms with Crippen molar-refractivity contribution in [2.75, 3.05) is 5.73 Å². The van der Waals surface area contributed by atoms with Crippen molar-refractivity contribution < 1.29 is 0 Å². The molecule has 0 aliphatic rings. The van der Waals surface area contributed by atoms with Crippen LogP contribution in [0.25, 0.3) is 22.0 Å². The number of aromatic nitrogens is 4. The maximum absolute atomic E-state index is 6.18. The number of nitrogens with one attached hydrogen (secondary N) is 1. The second-order valence-corrected chi connectivity index (χ2v) is 5.17. The molecule has 4 aromatic rings. The molecule has 2 aromatic heterocycles. The fourth-order valence-corrected chi connectivity index (χ4v) is 2.77. The zero-order valence-corrected chi connectivity index (χ0v) is 11.9. The van der Waals surface area contributed by atoms with E-state index in [0.29, 0.717) is 12.4 Å². The summed E-state index contributed by atoms with van der Waals surface area (Å²) in [5.41, 5.74) is 10.4. The van der Waals surface area contributed by atoms with Gasteiger partial charge in [0, 0.05) is 6.20 Å². The molecule has 2 aromatic carbocycles. The number of fused-ring (bicyclic) bond motifs is 1. The first-order valence-corrected chi connectivity index (χ1v) is 7.11. The molecule has 3 N–H and O–H groups in total. The highest BCUT2D eigenvalue weighted by atomic mass is 15.3. The number of rotatable bonds is 3. The maximum atomic E-state index is 6.18. The van der Waals surface area contributed by atoms with Gasteiger partial charge < -0.3 is 10.7 Å². The molecule has 0 aliphatic carbocycles. The number of H-pyrrole nitrogens is 1. The predicted octanol–water partition coefficient (Wildman–Crippen LogP) is 3.06. The van der Waals surface area contributed by atoms with Crippen LogP contribution >= 0.6 is 0 Å². The normalized spacial score (nSPS) is 11.1. The third kappa shape index (κ3) is 2.03. The minimum Gasteiger partial charge on any atom is -0.382 e. The maximum Gasteiger partial charge on any atom is 0.154 e. The summed E-state index contributed by atoms with van der Waals surface area (Å²) >= 11 is 0. The van der Waals surface area contributed by atoms with Crippen LogP contribution in [0.2, 0.25) is 0 Å². The smallest absolute Gasteiger partial charge is 0.154 e. The first-order chi connectivity index (χ1) is 10.8. The minimum atomic E-state index is 0.546. The van der Waals surface area contributed by atoms with E-state index in [4.69, 9.17) is 5.73 Å². The van der Waals surface area contributed by atoms with E-state index < -0.39 is 0 Å². The lowest BCUT2D eigenvalue weighted by molar-refractivity contribution is 0.703. The van der Waals surface area contributed by atoms with Crippen molar-refractivity contribution in [1.29, 1.82) is 0 Å². The summed E-state index contributed by atoms with van der Waals surface area (Å²) in [4.78, 5) is 7.21. The standard InChI is InChI=1S/C17H15N5/c18-17-16-14(12-5-2-1-3-6-12)7-4-8-15(16)22(21-17)10-13-9-19-11-20-13/h1-9,11H,10H2,(H2,18,21)(H,19,20). The summed E-state index contributed by atoms with van der Waals surface area (Å²) in [6.45, 7) is 0.593. The molecule has 0 bridgehead atoms. The Morgan fingerprint density at radius 2 is 1.91 bits per heavy atom. The van der Waals surface area contributed by atoms with Gasteiger partial charge in [0.15, 0.2) is 5.82 Å². The SMILES string of the molecule is Nc1nn(Cc2c[nH]cn2)c2cccc(-c3ccccc3)c12. The van der Waals surface area contributed by atoms with Crippen LogP contribution in [0.4, 0.5) is 5.82 Å². The zero-order chi connectivity index (χ0) is 14.9. The van der Waals surface area contributed by atoms with E-state index in [0.717, 1.165) is 27.7 Å². The molecule has 0 saturated carbocycles. The molecule has 0 atom stereocenters. The number of nitrogen functional groups attached to an aromatic ring is 1. The average molecular weight is 289 g/mol. The van der Waals surface area contributed by atoms with Gasteiger partial charge in [-0.05, 0) is 17.2 Å². The highest BCUT2D eigenvalue weighted by Gasteiger charge is 2.13. The van der Waals surface area contributed by atoms with Gasteiger partial charge in [-0.1, -0.05) is 42.5 Å². The van der Waals surface area contributed by atoms with Crippen molar-refractivity contribution in [2.24, 2.45) is 0 Å². The first kappa shape index (κ1) is 12.6. The van der Waals surface area contributed by atoms with Gasteiger partial charge in [-0.2, -0.15) is 5.10 Å². The molecule has 5 heteroatoms. The van der Waals surface area contributed by atoms with Gasteiger partial charge in [0.1, 0.15) is 0 Å². The van der Waals surface area contributed by atoms with Crippen molar-refractivity contribution in [3.8, 4) is 11.1 Å². The Bertz CT molecular complexity index is 907. The molecule has 5 nitrogen and oxygen atoms in total. The molecule has 0 amide bonds. The fourth-order valence-electron chi connectivity index (χ4n) is 2.77. The van der Waals surface area contributed by atoms with E-state index >= 15 is 0 Å². The second kappa shape index (κ2) is 5.04. The van der Waals surface area contributed by atoms with Gasteiger partial charge in [0.2, 0.25) is 0 Å². The molecular weight excluding hydrogens is 274 g/mol. The molecule has 0 radical (unpaired) electrons. The fraction of sp³-hybridized carbons (Fsp3) is 0.0588. The molecule has 2 heterocycles. The van der Waals surface area contributed by atoms with E-state index in [-0.39, 0.29) is 0 Å². The van der Waals surface area contributed by atoms with Crippen molar-refractivity contribution in [3.05, 3.63) is 66.7 Å². The molecule has 0 aliphatic heterocycles. The van der Waals surface area contributed by atoms with Crippen LogP contribution in [0.3, 0.4) is 0 Å². The van der Waals surface area contributed by atoms with Crippen LogP contribution in [0.5, 0.6) is 0 Å². The van der Waals surface area contributed by atoms with Gasteiger partial charge >= 0.3 is 0 Å². The van der Waals surface area contributed by atoms with Crippen LogP contribution in [-0.4, -0.2) is 19.7 Å². The number of nitrogens with zero attached hydrogens (tertiary/aromatic N) is 3. The number of benzene rings is 2. The molecule has 0 spiro atoms. The van der Waals surface area contributed by atoms with Crippen LogP contribution in [0, 0.1) is 0 Å². The van der Waals surface area contributed by atoms with Gasteiger partial charge in [0.05, 0.1) is 29.5 Å². The number of imidazole rings is 1. The Balaban J connectivity index is 1.89. The second-order valence-electron chi connectivity index (χ2n) is 5.17. The lowest BCUT2D eigenvalue weighted by Gasteiger charge is -2.05. The summed E-state index contributed by atoms with van der Waals surface area (Å²) in [6, 6.07) is 16.4. The van der Waals surface area contributed by atoms with E-state index in [1.807, 2.05) is 41.2 Å². The van der Waals surface area contributed by atoms with Crippen LogP contribution < -0.4 is 5.73 Å². The monoisotopic (exact) mass is 289 g/mol. The molecule has 22 heavy (non-hydrogen) atoms. The van der Waals surface area contributed by atoms with Crippen LogP contribution in [0.15, 0.2) is 61.1 Å². The van der Waals surface area contributed by atoms with E-state index in [9.17, 15) is 0 Å². The van der Waals surface area contributed by atoms with Crippen LogP contribution in [0.1, 0.15) is 5.69 Å². The van der Waals surface area contributed by atoms with Crippen molar-refractivity contribution >= 4 is 16.7 Å².